The lowest BCUT2D eigenvalue weighted by molar-refractivity contribution is -0.151. The number of hydrogen-bond acceptors (Lipinski definition) is 3. The van der Waals surface area contributed by atoms with E-state index in [0.717, 1.165) is 12.0 Å². The van der Waals surface area contributed by atoms with Crippen molar-refractivity contribution < 1.29 is 14.3 Å². The molecule has 0 N–H and O–H groups in total. The molecule has 0 fully saturated rings. The summed E-state index contributed by atoms with van der Waals surface area (Å²) < 4.78 is 5.12. The Balaban J connectivity index is 1.49. The average molecular weight is 309 g/mol. The van der Waals surface area contributed by atoms with Gasteiger partial charge in [-0.1, -0.05) is 54.6 Å². The number of esters is 1. The van der Waals surface area contributed by atoms with Crippen molar-refractivity contribution in [3.05, 3.63) is 71.3 Å². The summed E-state index contributed by atoms with van der Waals surface area (Å²) in [6.07, 6.45) is 1.04. The summed E-state index contributed by atoms with van der Waals surface area (Å²) in [6.45, 7) is 1.07. The molecule has 1 heterocycles. The maximum atomic E-state index is 12.2. The second kappa shape index (κ2) is 7.09. The molecule has 1 aliphatic rings. The maximum absolute atomic E-state index is 12.2. The Morgan fingerprint density at radius 3 is 2.43 bits per heavy atom. The van der Waals surface area contributed by atoms with Gasteiger partial charge in [0.2, 0.25) is 0 Å². The number of hydrogen-bond donors (Lipinski definition) is 0. The summed E-state index contributed by atoms with van der Waals surface area (Å²) in [5.74, 6) is -0.511. The van der Waals surface area contributed by atoms with Gasteiger partial charge in [-0.05, 0) is 23.1 Å². The SMILES string of the molecule is O=C(Cc1ccccc1)OCC(=O)N1CCc2ccccc2C1. The minimum atomic E-state index is -0.373. The van der Waals surface area contributed by atoms with E-state index in [1.165, 1.54) is 11.1 Å². The van der Waals surface area contributed by atoms with Crippen LogP contribution in [0.2, 0.25) is 0 Å². The third kappa shape index (κ3) is 3.97. The molecule has 0 spiro atoms. The Morgan fingerprint density at radius 2 is 1.65 bits per heavy atom. The van der Waals surface area contributed by atoms with Crippen LogP contribution in [0.15, 0.2) is 54.6 Å². The van der Waals surface area contributed by atoms with Crippen LogP contribution in [-0.2, 0) is 33.7 Å². The van der Waals surface area contributed by atoms with Crippen LogP contribution in [0.25, 0.3) is 0 Å². The zero-order valence-electron chi connectivity index (χ0n) is 12.9. The first-order valence-corrected chi connectivity index (χ1v) is 7.76. The lowest BCUT2D eigenvalue weighted by Gasteiger charge is -2.28. The van der Waals surface area contributed by atoms with Crippen molar-refractivity contribution in [2.45, 2.75) is 19.4 Å². The van der Waals surface area contributed by atoms with Gasteiger partial charge in [0, 0.05) is 13.1 Å². The first-order chi connectivity index (χ1) is 11.2. The number of carbonyl (C=O) groups excluding carboxylic acids is 2. The summed E-state index contributed by atoms with van der Waals surface area (Å²) in [5, 5.41) is 0. The molecule has 4 nitrogen and oxygen atoms in total. The first kappa shape index (κ1) is 15.3. The highest BCUT2D eigenvalue weighted by molar-refractivity contribution is 5.81. The molecule has 118 valence electrons. The van der Waals surface area contributed by atoms with Crippen LogP contribution in [0.5, 0.6) is 0 Å². The molecule has 1 amide bonds. The predicted octanol–water partition coefficient (Wildman–Crippen LogP) is 2.36. The Bertz CT molecular complexity index is 697. The lowest BCUT2D eigenvalue weighted by atomic mass is 10.00. The Hall–Kier alpha value is -2.62. The summed E-state index contributed by atoms with van der Waals surface area (Å²) in [5.41, 5.74) is 3.34. The van der Waals surface area contributed by atoms with E-state index in [9.17, 15) is 9.59 Å². The van der Waals surface area contributed by atoms with Crippen LogP contribution < -0.4 is 0 Å². The van der Waals surface area contributed by atoms with Crippen molar-refractivity contribution in [2.24, 2.45) is 0 Å². The summed E-state index contributed by atoms with van der Waals surface area (Å²) in [7, 11) is 0. The molecule has 0 atom stereocenters. The molecule has 23 heavy (non-hydrogen) atoms. The molecule has 0 saturated carbocycles. The van der Waals surface area contributed by atoms with E-state index in [1.807, 2.05) is 48.5 Å². The standard InChI is InChI=1S/C19H19NO3/c21-18(14-23-19(22)12-15-6-2-1-3-7-15)20-11-10-16-8-4-5-9-17(16)13-20/h1-9H,10-14H2. The Morgan fingerprint density at radius 1 is 0.957 bits per heavy atom. The smallest absolute Gasteiger partial charge is 0.310 e. The summed E-state index contributed by atoms with van der Waals surface area (Å²) in [4.78, 5) is 25.8. The highest BCUT2D eigenvalue weighted by Crippen LogP contribution is 2.18. The number of benzene rings is 2. The normalized spacial score (nSPS) is 13.3. The van der Waals surface area contributed by atoms with Gasteiger partial charge in [-0.3, -0.25) is 9.59 Å². The fourth-order valence-electron chi connectivity index (χ4n) is 2.76. The number of fused-ring (bicyclic) bond motifs is 1. The van der Waals surface area contributed by atoms with Crippen molar-refractivity contribution >= 4 is 11.9 Å². The van der Waals surface area contributed by atoms with Crippen molar-refractivity contribution in [3.63, 3.8) is 0 Å². The largest absolute Gasteiger partial charge is 0.455 e. The number of ether oxygens (including phenoxy) is 1. The molecule has 0 radical (unpaired) electrons. The van der Waals surface area contributed by atoms with Crippen LogP contribution in [0, 0.1) is 0 Å². The van der Waals surface area contributed by atoms with Gasteiger partial charge in [-0.2, -0.15) is 0 Å². The molecule has 0 aliphatic carbocycles. The van der Waals surface area contributed by atoms with E-state index in [4.69, 9.17) is 4.74 Å². The van der Waals surface area contributed by atoms with Crippen molar-refractivity contribution in [2.75, 3.05) is 13.2 Å². The Labute approximate surface area is 135 Å². The molecule has 3 rings (SSSR count). The van der Waals surface area contributed by atoms with Gasteiger partial charge in [-0.15, -0.1) is 0 Å². The fourth-order valence-corrected chi connectivity index (χ4v) is 2.76. The third-order valence-electron chi connectivity index (χ3n) is 4.03. The molecular formula is C19H19NO3. The van der Waals surface area contributed by atoms with Crippen LogP contribution in [-0.4, -0.2) is 29.9 Å². The molecule has 2 aromatic carbocycles. The lowest BCUT2D eigenvalue weighted by Crippen LogP contribution is -2.38. The van der Waals surface area contributed by atoms with E-state index in [0.29, 0.717) is 13.1 Å². The number of carbonyl (C=O) groups is 2. The zero-order chi connectivity index (χ0) is 16.1. The first-order valence-electron chi connectivity index (χ1n) is 7.76. The van der Waals surface area contributed by atoms with E-state index < -0.39 is 0 Å². The van der Waals surface area contributed by atoms with E-state index in [-0.39, 0.29) is 24.9 Å². The molecule has 4 heteroatoms. The van der Waals surface area contributed by atoms with Gasteiger partial charge < -0.3 is 9.64 Å². The fraction of sp³-hybridized carbons (Fsp3) is 0.263. The third-order valence-corrected chi connectivity index (χ3v) is 4.03. The van der Waals surface area contributed by atoms with E-state index >= 15 is 0 Å². The minimum absolute atomic E-state index is 0.138. The van der Waals surface area contributed by atoms with Crippen LogP contribution in [0.4, 0.5) is 0 Å². The molecule has 2 aromatic rings. The second-order valence-corrected chi connectivity index (χ2v) is 5.66. The average Bonchev–Trinajstić information content (AvgIpc) is 2.60. The molecule has 0 saturated heterocycles. The predicted molar refractivity (Wildman–Crippen MR) is 86.7 cm³/mol. The van der Waals surface area contributed by atoms with Gasteiger partial charge in [0.05, 0.1) is 6.42 Å². The van der Waals surface area contributed by atoms with Gasteiger partial charge in [0.1, 0.15) is 0 Å². The van der Waals surface area contributed by atoms with Crippen LogP contribution in [0.3, 0.4) is 0 Å². The zero-order valence-corrected chi connectivity index (χ0v) is 12.9. The van der Waals surface area contributed by atoms with Crippen LogP contribution in [0.1, 0.15) is 16.7 Å². The van der Waals surface area contributed by atoms with Crippen molar-refractivity contribution in [3.8, 4) is 0 Å². The van der Waals surface area contributed by atoms with Gasteiger partial charge in [0.15, 0.2) is 6.61 Å². The maximum Gasteiger partial charge on any atom is 0.310 e. The quantitative estimate of drug-likeness (QED) is 0.815. The highest BCUT2D eigenvalue weighted by Gasteiger charge is 2.21. The van der Waals surface area contributed by atoms with Gasteiger partial charge in [0.25, 0.3) is 5.91 Å². The van der Waals surface area contributed by atoms with E-state index in [1.54, 1.807) is 4.90 Å². The van der Waals surface area contributed by atoms with Crippen molar-refractivity contribution in [1.29, 1.82) is 0 Å². The molecule has 0 bridgehead atoms. The molecular weight excluding hydrogens is 290 g/mol. The number of nitrogens with zero attached hydrogens (tertiary/aromatic N) is 1. The van der Waals surface area contributed by atoms with Crippen LogP contribution >= 0.6 is 0 Å². The highest BCUT2D eigenvalue weighted by atomic mass is 16.5. The monoisotopic (exact) mass is 309 g/mol. The topological polar surface area (TPSA) is 46.6 Å². The summed E-state index contributed by atoms with van der Waals surface area (Å²) >= 11 is 0. The molecule has 0 unspecified atom stereocenters. The second-order valence-electron chi connectivity index (χ2n) is 5.66. The number of rotatable bonds is 4. The molecule has 0 aromatic heterocycles. The Kier molecular flexibility index (Phi) is 4.71. The van der Waals surface area contributed by atoms with E-state index in [2.05, 4.69) is 6.07 Å². The van der Waals surface area contributed by atoms with Gasteiger partial charge >= 0.3 is 5.97 Å². The summed E-state index contributed by atoms with van der Waals surface area (Å²) in [6, 6.07) is 17.5. The molecule has 1 aliphatic heterocycles. The minimum Gasteiger partial charge on any atom is -0.455 e. The van der Waals surface area contributed by atoms with Gasteiger partial charge in [-0.25, -0.2) is 0 Å². The van der Waals surface area contributed by atoms with Crippen molar-refractivity contribution in [1.82, 2.24) is 4.90 Å². The number of amides is 1.